The van der Waals surface area contributed by atoms with Gasteiger partial charge < -0.3 is 21.8 Å². The van der Waals surface area contributed by atoms with Crippen LogP contribution in [0.1, 0.15) is 22.3 Å². The average Bonchev–Trinajstić information content (AvgIpc) is 2.57. The van der Waals surface area contributed by atoms with Crippen molar-refractivity contribution in [2.75, 3.05) is 0 Å². The zero-order valence-corrected chi connectivity index (χ0v) is 20.0. The van der Waals surface area contributed by atoms with Gasteiger partial charge in [-0.15, -0.1) is 0 Å². The van der Waals surface area contributed by atoms with Gasteiger partial charge in [0.2, 0.25) is 0 Å². The van der Waals surface area contributed by atoms with Crippen LogP contribution in [0.15, 0.2) is 36.4 Å². The van der Waals surface area contributed by atoms with Gasteiger partial charge in [0, 0.05) is 8.32 Å². The van der Waals surface area contributed by atoms with Crippen LogP contribution in [0.2, 0.25) is 6.55 Å². The molecule has 0 heterocycles. The minimum Gasteiger partial charge on any atom is -1.00 e. The zero-order chi connectivity index (χ0) is 24.2. The maximum atomic E-state index is 13.5. The Hall–Kier alpha value is -0.977. The Balaban J connectivity index is 0.00000512. The summed E-state index contributed by atoms with van der Waals surface area (Å²) >= 11 is 0. The topological polar surface area (TPSA) is 23.1 Å². The molecule has 0 aromatic heterocycles. The quantitative estimate of drug-likeness (QED) is 0.385. The number of rotatable bonds is 2. The molecule has 0 fully saturated rings. The molecule has 0 aliphatic carbocycles. The Morgan fingerprint density at radius 1 is 0.576 bits per heavy atom. The number of benzene rings is 2. The van der Waals surface area contributed by atoms with Crippen LogP contribution in [0.4, 0.5) is 52.7 Å². The summed E-state index contributed by atoms with van der Waals surface area (Å²) in [6.07, 6.45) is -22.9. The molecule has 16 heteroatoms. The van der Waals surface area contributed by atoms with E-state index in [-0.39, 0.29) is 70.8 Å². The Morgan fingerprint density at radius 3 is 1.06 bits per heavy atom. The van der Waals surface area contributed by atoms with Gasteiger partial charge in [-0.2, -0.15) is 52.7 Å². The Bertz CT molecular complexity index is 902. The molecule has 0 amide bonds. The van der Waals surface area contributed by atoms with Gasteiger partial charge in [-0.05, 0) is 12.1 Å². The number of hydrogen-bond donors (Lipinski definition) is 0. The predicted molar refractivity (Wildman–Crippen MR) is 89.5 cm³/mol. The van der Waals surface area contributed by atoms with Gasteiger partial charge in [-0.3, -0.25) is 0 Å². The smallest absolute Gasteiger partial charge is 1.00 e. The summed E-state index contributed by atoms with van der Waals surface area (Å²) in [7, 11) is -5.67. The van der Waals surface area contributed by atoms with Crippen molar-refractivity contribution in [3.63, 3.8) is 0 Å². The number of hydrogen-bond acceptors (Lipinski definition) is 1. The van der Waals surface area contributed by atoms with Crippen molar-refractivity contribution in [2.45, 2.75) is 31.3 Å². The van der Waals surface area contributed by atoms with Crippen LogP contribution in [0.25, 0.3) is 0 Å². The van der Waals surface area contributed by atoms with Crippen molar-refractivity contribution in [1.82, 2.24) is 0 Å². The molecule has 2 aromatic carbocycles. The van der Waals surface area contributed by atoms with E-state index >= 15 is 0 Å². The summed E-state index contributed by atoms with van der Waals surface area (Å²) < 4.78 is 160. The van der Waals surface area contributed by atoms with Gasteiger partial charge in [-0.1, -0.05) is 41.2 Å². The van der Waals surface area contributed by atoms with Crippen molar-refractivity contribution in [3.05, 3.63) is 58.7 Å². The van der Waals surface area contributed by atoms with E-state index in [9.17, 15) is 57.5 Å². The summed E-state index contributed by atoms with van der Waals surface area (Å²) in [5.74, 6) is 0. The van der Waals surface area contributed by atoms with Gasteiger partial charge in [0.25, 0.3) is 0 Å². The molecular formula is C17H9BrF12MgOSi. The van der Waals surface area contributed by atoms with E-state index in [0.29, 0.717) is 12.1 Å². The normalized spacial score (nSPS) is 13.3. The first-order valence-corrected chi connectivity index (χ1v) is 10.4. The van der Waals surface area contributed by atoms with Crippen LogP contribution in [0.3, 0.4) is 0 Å². The minimum atomic E-state index is -5.82. The minimum absolute atomic E-state index is 0. The first-order chi connectivity index (χ1) is 13.7. The third kappa shape index (κ3) is 6.58. The van der Waals surface area contributed by atoms with Crippen LogP contribution >= 0.6 is 0 Å². The molecule has 0 unspecified atom stereocenters. The molecule has 33 heavy (non-hydrogen) atoms. The van der Waals surface area contributed by atoms with E-state index in [1.807, 2.05) is 0 Å². The van der Waals surface area contributed by atoms with Crippen LogP contribution in [0.5, 0.6) is 0 Å². The standard InChI is InChI=1S/C17H9F12OSi.BrH.Mg/c1-31(30,10-6-2-4-8(14(18,19)20)12(10)16(24,25)26)11-7-3-5-9(15(21,22)23)13(11)17(27,28)29;;/h2-7H,1H3;1H;/q-1;;+2/p-1. The summed E-state index contributed by atoms with van der Waals surface area (Å²) in [6.45, 7) is 0.280. The SMILES string of the molecule is C[Si]([O-])(c1cccc(C(F)(F)F)c1C(F)(F)F)c1cccc(C(F)(F)F)c1C(F)(F)F.[Br-].[Mg+2]. The second-order valence-corrected chi connectivity index (χ2v) is 9.62. The van der Waals surface area contributed by atoms with E-state index < -0.39 is 65.6 Å². The molecule has 2 aromatic rings. The Kier molecular flexibility index (Phi) is 9.65. The molecule has 1 nitrogen and oxygen atoms in total. The van der Waals surface area contributed by atoms with Crippen LogP contribution in [-0.4, -0.2) is 31.4 Å². The molecule has 0 aliphatic rings. The van der Waals surface area contributed by atoms with Gasteiger partial charge in [0.05, 0.1) is 22.3 Å². The molecule has 0 aliphatic heterocycles. The van der Waals surface area contributed by atoms with Crippen molar-refractivity contribution >= 4 is 41.7 Å². The summed E-state index contributed by atoms with van der Waals surface area (Å²) in [4.78, 5) is 13.2. The average molecular weight is 590 g/mol. The molecule has 180 valence electrons. The largest absolute Gasteiger partial charge is 2.00 e. The second kappa shape index (κ2) is 9.95. The molecule has 0 saturated carbocycles. The fourth-order valence-electron chi connectivity index (χ4n) is 3.13. The molecule has 0 N–H and O–H groups in total. The third-order valence-corrected chi connectivity index (χ3v) is 7.22. The number of halogens is 13. The van der Waals surface area contributed by atoms with E-state index in [1.54, 1.807) is 0 Å². The maximum absolute atomic E-state index is 13.5. The first kappa shape index (κ1) is 32.0. The first-order valence-electron chi connectivity index (χ1n) is 7.96. The second-order valence-electron chi connectivity index (χ2n) is 6.48. The van der Waals surface area contributed by atoms with Gasteiger partial charge in [0.1, 0.15) is 0 Å². The molecule has 0 bridgehead atoms. The van der Waals surface area contributed by atoms with Gasteiger partial charge in [0.15, 0.2) is 0 Å². The Morgan fingerprint density at radius 2 is 0.848 bits per heavy atom. The molecule has 0 radical (unpaired) electrons. The van der Waals surface area contributed by atoms with Gasteiger partial charge >= 0.3 is 47.8 Å². The Labute approximate surface area is 205 Å². The summed E-state index contributed by atoms with van der Waals surface area (Å²) in [5.41, 5.74) is -9.69. The van der Waals surface area contributed by atoms with Crippen molar-refractivity contribution in [1.29, 1.82) is 0 Å². The predicted octanol–water partition coefficient (Wildman–Crippen LogP) is 1.43. The van der Waals surface area contributed by atoms with Crippen LogP contribution < -0.4 is 32.2 Å². The van der Waals surface area contributed by atoms with E-state index in [2.05, 4.69) is 0 Å². The molecule has 0 saturated heterocycles. The molecule has 0 atom stereocenters. The summed E-state index contributed by atoms with van der Waals surface area (Å²) in [6, 6.07) is 1.26. The third-order valence-electron chi connectivity index (χ3n) is 4.33. The number of alkyl halides is 12. The van der Waals surface area contributed by atoms with Crippen LogP contribution in [0, 0.1) is 0 Å². The van der Waals surface area contributed by atoms with E-state index in [4.69, 9.17) is 0 Å². The maximum Gasteiger partial charge on any atom is 2.00 e. The molecular weight excluding hydrogens is 580 g/mol. The molecule has 2 rings (SSSR count). The fraction of sp³-hybridized carbons (Fsp3) is 0.294. The fourth-order valence-corrected chi connectivity index (χ4v) is 5.75. The van der Waals surface area contributed by atoms with Gasteiger partial charge in [-0.25, -0.2) is 0 Å². The summed E-state index contributed by atoms with van der Waals surface area (Å²) in [5, 5.41) is -3.33. The molecule has 0 spiro atoms. The van der Waals surface area contributed by atoms with Crippen LogP contribution in [-0.2, 0) is 24.7 Å². The van der Waals surface area contributed by atoms with Crippen molar-refractivity contribution in [2.24, 2.45) is 0 Å². The van der Waals surface area contributed by atoms with E-state index in [1.165, 1.54) is 0 Å². The monoisotopic (exact) mass is 588 g/mol. The zero-order valence-electron chi connectivity index (χ0n) is 16.0. The van der Waals surface area contributed by atoms with Crippen molar-refractivity contribution in [3.8, 4) is 0 Å². The van der Waals surface area contributed by atoms with E-state index in [0.717, 1.165) is 0 Å². The van der Waals surface area contributed by atoms with Crippen molar-refractivity contribution < 1.29 is 74.5 Å².